The monoisotopic (exact) mass is 369 g/mol. The minimum atomic E-state index is -1.13. The van der Waals surface area contributed by atoms with Crippen molar-refractivity contribution in [2.75, 3.05) is 7.11 Å². The van der Waals surface area contributed by atoms with Crippen molar-refractivity contribution in [3.63, 3.8) is 0 Å². The minimum Gasteiger partial charge on any atom is -0.507 e. The molecule has 2 N–H and O–H groups in total. The van der Waals surface area contributed by atoms with Crippen LogP contribution >= 0.6 is 0 Å². The molecule has 0 saturated carbocycles. The fourth-order valence-corrected chi connectivity index (χ4v) is 2.79. The molecular weight excluding hydrogens is 352 g/mol. The third kappa shape index (κ3) is 4.06. The van der Waals surface area contributed by atoms with Crippen molar-refractivity contribution in [2.45, 2.75) is 6.04 Å². The van der Waals surface area contributed by atoms with Gasteiger partial charge < -0.3 is 15.2 Å². The number of carbonyl (C=O) groups excluding carboxylic acids is 1. The zero-order valence-electron chi connectivity index (χ0n) is 14.4. The Labute approximate surface area is 155 Å². The Morgan fingerprint density at radius 1 is 1.00 bits per heavy atom. The number of hydrogen-bond donors (Lipinski definition) is 2. The fourth-order valence-electron chi connectivity index (χ4n) is 2.79. The van der Waals surface area contributed by atoms with E-state index < -0.39 is 34.9 Å². The van der Waals surface area contributed by atoms with Gasteiger partial charge >= 0.3 is 0 Å². The van der Waals surface area contributed by atoms with Gasteiger partial charge in [-0.25, -0.2) is 8.78 Å². The number of nitrogens with one attached hydrogen (secondary N) is 1. The quantitative estimate of drug-likeness (QED) is 0.709. The molecule has 27 heavy (non-hydrogen) atoms. The summed E-state index contributed by atoms with van der Waals surface area (Å²) in [5, 5.41) is 12.5. The van der Waals surface area contributed by atoms with E-state index in [1.54, 1.807) is 31.4 Å². The normalized spacial score (nSPS) is 11.7. The molecule has 0 spiro atoms. The molecule has 1 unspecified atom stereocenters. The lowest BCUT2D eigenvalue weighted by Crippen LogP contribution is -2.30. The van der Waals surface area contributed by atoms with E-state index in [0.29, 0.717) is 17.9 Å². The molecule has 0 heterocycles. The van der Waals surface area contributed by atoms with Crippen LogP contribution in [0.5, 0.6) is 11.5 Å². The maximum atomic E-state index is 14.0. The van der Waals surface area contributed by atoms with Gasteiger partial charge in [0, 0.05) is 12.1 Å². The highest BCUT2D eigenvalue weighted by molar-refractivity contribution is 5.97. The number of aromatic hydroxyl groups is 1. The van der Waals surface area contributed by atoms with Crippen molar-refractivity contribution < 1.29 is 23.4 Å². The average Bonchev–Trinajstić information content (AvgIpc) is 2.66. The van der Waals surface area contributed by atoms with E-state index in [0.717, 1.165) is 11.1 Å². The molecule has 3 aromatic carbocycles. The second kappa shape index (κ2) is 7.86. The molecule has 0 aliphatic carbocycles. The predicted molar refractivity (Wildman–Crippen MR) is 96.8 cm³/mol. The number of benzene rings is 3. The van der Waals surface area contributed by atoms with Gasteiger partial charge in [0.2, 0.25) is 0 Å². The Bertz CT molecular complexity index is 920. The van der Waals surface area contributed by atoms with Gasteiger partial charge in [0.15, 0.2) is 0 Å². The molecule has 0 radical (unpaired) electrons. The van der Waals surface area contributed by atoms with Crippen LogP contribution in [0.4, 0.5) is 8.78 Å². The number of phenolic OH excluding ortho intramolecular Hbond substituents is 1. The van der Waals surface area contributed by atoms with Gasteiger partial charge in [-0.3, -0.25) is 4.79 Å². The Morgan fingerprint density at radius 3 is 2.22 bits per heavy atom. The van der Waals surface area contributed by atoms with E-state index in [9.17, 15) is 18.7 Å². The molecule has 0 bridgehead atoms. The SMILES string of the molecule is COc1ccc(C(NC(=O)c2c(O)cc(F)cc2F)c2ccccc2)cc1. The van der Waals surface area contributed by atoms with E-state index >= 15 is 0 Å². The number of halogens is 2. The van der Waals surface area contributed by atoms with Gasteiger partial charge in [0.05, 0.1) is 13.2 Å². The fraction of sp³-hybridized carbons (Fsp3) is 0.0952. The van der Waals surface area contributed by atoms with Crippen molar-refractivity contribution in [3.05, 3.63) is 95.1 Å². The number of ether oxygens (including phenoxy) is 1. The summed E-state index contributed by atoms with van der Waals surface area (Å²) >= 11 is 0. The molecule has 3 aromatic rings. The van der Waals surface area contributed by atoms with Crippen molar-refractivity contribution in [3.8, 4) is 11.5 Å². The van der Waals surface area contributed by atoms with Crippen LogP contribution in [0.15, 0.2) is 66.7 Å². The Hall–Kier alpha value is -3.41. The molecular formula is C21H17F2NO3. The molecule has 1 amide bonds. The summed E-state index contributed by atoms with van der Waals surface area (Å²) in [6.45, 7) is 0. The topological polar surface area (TPSA) is 58.6 Å². The van der Waals surface area contributed by atoms with E-state index in [2.05, 4.69) is 5.32 Å². The molecule has 0 fully saturated rings. The number of methoxy groups -OCH3 is 1. The minimum absolute atomic E-state index is 0.555. The summed E-state index contributed by atoms with van der Waals surface area (Å²) < 4.78 is 32.4. The van der Waals surface area contributed by atoms with Crippen LogP contribution in [0.2, 0.25) is 0 Å². The lowest BCUT2D eigenvalue weighted by molar-refractivity contribution is 0.0936. The van der Waals surface area contributed by atoms with Crippen LogP contribution in [-0.4, -0.2) is 18.1 Å². The summed E-state index contributed by atoms with van der Waals surface area (Å²) in [6.07, 6.45) is 0. The number of carbonyl (C=O) groups is 1. The number of hydrogen-bond acceptors (Lipinski definition) is 3. The molecule has 6 heteroatoms. The van der Waals surface area contributed by atoms with E-state index in [-0.39, 0.29) is 0 Å². The van der Waals surface area contributed by atoms with Gasteiger partial charge in [-0.2, -0.15) is 0 Å². The van der Waals surface area contributed by atoms with Crippen LogP contribution in [-0.2, 0) is 0 Å². The molecule has 4 nitrogen and oxygen atoms in total. The summed E-state index contributed by atoms with van der Waals surface area (Å²) in [4.78, 5) is 12.6. The highest BCUT2D eigenvalue weighted by Crippen LogP contribution is 2.27. The highest BCUT2D eigenvalue weighted by Gasteiger charge is 2.23. The van der Waals surface area contributed by atoms with Crippen LogP contribution in [0, 0.1) is 11.6 Å². The molecule has 3 rings (SSSR count). The van der Waals surface area contributed by atoms with Crippen LogP contribution in [0.3, 0.4) is 0 Å². The smallest absolute Gasteiger partial charge is 0.258 e. The third-order valence-electron chi connectivity index (χ3n) is 4.12. The van der Waals surface area contributed by atoms with Crippen LogP contribution in [0.25, 0.3) is 0 Å². The second-order valence-corrected chi connectivity index (χ2v) is 5.87. The van der Waals surface area contributed by atoms with Crippen molar-refractivity contribution in [1.29, 1.82) is 0 Å². The maximum absolute atomic E-state index is 14.0. The third-order valence-corrected chi connectivity index (χ3v) is 4.12. The van der Waals surface area contributed by atoms with Gasteiger partial charge in [0.1, 0.15) is 28.7 Å². The first-order chi connectivity index (χ1) is 13.0. The van der Waals surface area contributed by atoms with Crippen LogP contribution in [0.1, 0.15) is 27.5 Å². The maximum Gasteiger partial charge on any atom is 0.258 e. The van der Waals surface area contributed by atoms with Gasteiger partial charge in [-0.15, -0.1) is 0 Å². The Balaban J connectivity index is 1.98. The zero-order valence-corrected chi connectivity index (χ0v) is 14.4. The highest BCUT2D eigenvalue weighted by atomic mass is 19.1. The number of rotatable bonds is 5. The Morgan fingerprint density at radius 2 is 1.63 bits per heavy atom. The zero-order chi connectivity index (χ0) is 19.4. The first kappa shape index (κ1) is 18.4. The van der Waals surface area contributed by atoms with Crippen molar-refractivity contribution in [1.82, 2.24) is 5.32 Å². The summed E-state index contributed by atoms with van der Waals surface area (Å²) in [5.74, 6) is -3.05. The molecule has 0 aromatic heterocycles. The largest absolute Gasteiger partial charge is 0.507 e. The Kier molecular flexibility index (Phi) is 5.35. The predicted octanol–water partition coefficient (Wildman–Crippen LogP) is 4.20. The summed E-state index contributed by atoms with van der Waals surface area (Å²) in [5.41, 5.74) is 0.890. The van der Waals surface area contributed by atoms with Gasteiger partial charge in [-0.1, -0.05) is 42.5 Å². The molecule has 0 aliphatic rings. The molecule has 138 valence electrons. The summed E-state index contributed by atoms with van der Waals surface area (Å²) in [7, 11) is 1.55. The van der Waals surface area contributed by atoms with E-state index in [1.165, 1.54) is 0 Å². The number of amides is 1. The van der Waals surface area contributed by atoms with E-state index in [1.807, 2.05) is 30.3 Å². The van der Waals surface area contributed by atoms with Gasteiger partial charge in [0.25, 0.3) is 5.91 Å². The molecule has 0 aliphatic heterocycles. The number of phenols is 1. The van der Waals surface area contributed by atoms with Crippen molar-refractivity contribution >= 4 is 5.91 Å². The molecule has 1 atom stereocenters. The van der Waals surface area contributed by atoms with Crippen LogP contribution < -0.4 is 10.1 Å². The van der Waals surface area contributed by atoms with E-state index in [4.69, 9.17) is 4.74 Å². The molecule has 0 saturated heterocycles. The lowest BCUT2D eigenvalue weighted by atomic mass is 9.98. The van der Waals surface area contributed by atoms with Crippen molar-refractivity contribution in [2.24, 2.45) is 0 Å². The first-order valence-electron chi connectivity index (χ1n) is 8.17. The first-order valence-corrected chi connectivity index (χ1v) is 8.17. The average molecular weight is 369 g/mol. The lowest BCUT2D eigenvalue weighted by Gasteiger charge is -2.20. The second-order valence-electron chi connectivity index (χ2n) is 5.87. The standard InChI is InChI=1S/C21H17F2NO3/c1-27-16-9-7-14(8-10-16)20(13-5-3-2-4-6-13)24-21(26)19-17(23)11-15(22)12-18(19)25/h2-12,20,25H,1H3,(H,24,26). The van der Waals surface area contributed by atoms with Gasteiger partial charge in [-0.05, 0) is 23.3 Å². The summed E-state index contributed by atoms with van der Waals surface area (Å²) in [6, 6.07) is 16.8.